The van der Waals surface area contributed by atoms with Crippen LogP contribution in [0.1, 0.15) is 19.3 Å². The zero-order valence-electron chi connectivity index (χ0n) is 8.45. The number of amides is 1. The minimum Gasteiger partial charge on any atom is -0.381 e. The Kier molecular flexibility index (Phi) is 3.03. The van der Waals surface area contributed by atoms with Crippen molar-refractivity contribution in [1.29, 1.82) is 0 Å². The molecule has 14 heavy (non-hydrogen) atoms. The first-order valence-electron chi connectivity index (χ1n) is 5.36. The van der Waals surface area contributed by atoms with Crippen LogP contribution in [0.2, 0.25) is 0 Å². The van der Waals surface area contributed by atoms with E-state index < -0.39 is 0 Å². The number of nitrogens with two attached hydrogens (primary N) is 1. The number of hydrogen-bond acceptors (Lipinski definition) is 3. The summed E-state index contributed by atoms with van der Waals surface area (Å²) in [5.41, 5.74) is 5.22. The molecule has 0 aromatic heterocycles. The minimum atomic E-state index is -0.212. The van der Waals surface area contributed by atoms with Crippen molar-refractivity contribution >= 4 is 5.91 Å². The van der Waals surface area contributed by atoms with E-state index in [2.05, 4.69) is 4.90 Å². The van der Waals surface area contributed by atoms with Crippen LogP contribution < -0.4 is 5.73 Å². The lowest BCUT2D eigenvalue weighted by Crippen LogP contribution is -2.38. The average Bonchev–Trinajstić information content (AvgIpc) is 2.85. The molecule has 1 heterocycles. The molecule has 4 heteroatoms. The summed E-state index contributed by atoms with van der Waals surface area (Å²) in [4.78, 5) is 13.1. The molecule has 2 rings (SSSR count). The third kappa shape index (κ3) is 2.69. The van der Waals surface area contributed by atoms with Gasteiger partial charge in [-0.1, -0.05) is 0 Å². The lowest BCUT2D eigenvalue weighted by Gasteiger charge is -2.22. The largest absolute Gasteiger partial charge is 0.381 e. The maximum Gasteiger partial charge on any atom is 0.231 e. The van der Waals surface area contributed by atoms with Crippen LogP contribution in [-0.4, -0.2) is 43.2 Å². The SMILES string of the molecule is NC(=O)CN(C[C@H]1CCOC1)C1CC1. The Balaban J connectivity index is 1.80. The fourth-order valence-corrected chi connectivity index (χ4v) is 2.04. The molecule has 80 valence electrons. The highest BCUT2D eigenvalue weighted by Gasteiger charge is 2.32. The van der Waals surface area contributed by atoms with Crippen molar-refractivity contribution in [2.75, 3.05) is 26.3 Å². The minimum absolute atomic E-state index is 0.212. The molecule has 0 radical (unpaired) electrons. The smallest absolute Gasteiger partial charge is 0.231 e. The number of rotatable bonds is 5. The maximum absolute atomic E-state index is 10.9. The Hall–Kier alpha value is -0.610. The van der Waals surface area contributed by atoms with E-state index in [1.807, 2.05) is 0 Å². The Morgan fingerprint density at radius 1 is 1.43 bits per heavy atom. The van der Waals surface area contributed by atoms with Gasteiger partial charge in [0.1, 0.15) is 0 Å². The van der Waals surface area contributed by atoms with E-state index in [0.717, 1.165) is 26.2 Å². The first-order chi connectivity index (χ1) is 6.75. The fraction of sp³-hybridized carbons (Fsp3) is 0.900. The monoisotopic (exact) mass is 198 g/mol. The number of carbonyl (C=O) groups excluding carboxylic acids is 1. The molecule has 2 fully saturated rings. The number of nitrogens with zero attached hydrogens (tertiary/aromatic N) is 1. The number of carbonyl (C=O) groups is 1. The van der Waals surface area contributed by atoms with E-state index in [-0.39, 0.29) is 5.91 Å². The predicted octanol–water partition coefficient (Wildman–Crippen LogP) is -0.0274. The second kappa shape index (κ2) is 4.28. The van der Waals surface area contributed by atoms with E-state index >= 15 is 0 Å². The number of ether oxygens (including phenoxy) is 1. The van der Waals surface area contributed by atoms with Gasteiger partial charge in [-0.25, -0.2) is 0 Å². The van der Waals surface area contributed by atoms with Crippen LogP contribution >= 0.6 is 0 Å². The zero-order valence-corrected chi connectivity index (χ0v) is 8.45. The third-order valence-corrected chi connectivity index (χ3v) is 2.94. The quantitative estimate of drug-likeness (QED) is 0.675. The topological polar surface area (TPSA) is 55.6 Å². The molecule has 1 amide bonds. The van der Waals surface area contributed by atoms with Crippen LogP contribution in [0.4, 0.5) is 0 Å². The fourth-order valence-electron chi connectivity index (χ4n) is 2.04. The summed E-state index contributed by atoms with van der Waals surface area (Å²) in [5, 5.41) is 0. The number of primary amides is 1. The van der Waals surface area contributed by atoms with Gasteiger partial charge < -0.3 is 10.5 Å². The Morgan fingerprint density at radius 3 is 2.71 bits per heavy atom. The van der Waals surface area contributed by atoms with Crippen LogP contribution in [0.5, 0.6) is 0 Å². The van der Waals surface area contributed by atoms with Crippen molar-refractivity contribution in [2.24, 2.45) is 11.7 Å². The van der Waals surface area contributed by atoms with Crippen LogP contribution in [0, 0.1) is 5.92 Å². The molecular weight excluding hydrogens is 180 g/mol. The Labute approximate surface area is 84.4 Å². The molecule has 2 aliphatic rings. The first kappa shape index (κ1) is 9.93. The molecule has 0 bridgehead atoms. The van der Waals surface area contributed by atoms with E-state index in [4.69, 9.17) is 10.5 Å². The highest BCUT2D eigenvalue weighted by atomic mass is 16.5. The molecule has 4 nitrogen and oxygen atoms in total. The van der Waals surface area contributed by atoms with E-state index in [0.29, 0.717) is 18.5 Å². The van der Waals surface area contributed by atoms with Gasteiger partial charge >= 0.3 is 0 Å². The molecule has 1 aliphatic heterocycles. The molecule has 1 aliphatic carbocycles. The van der Waals surface area contributed by atoms with Crippen molar-refractivity contribution < 1.29 is 9.53 Å². The van der Waals surface area contributed by atoms with Gasteiger partial charge in [0.25, 0.3) is 0 Å². The molecule has 0 aromatic carbocycles. The molecule has 2 N–H and O–H groups in total. The van der Waals surface area contributed by atoms with Gasteiger partial charge in [0.2, 0.25) is 5.91 Å². The molecular formula is C10H18N2O2. The highest BCUT2D eigenvalue weighted by molar-refractivity contribution is 5.76. The lowest BCUT2D eigenvalue weighted by atomic mass is 10.1. The van der Waals surface area contributed by atoms with Gasteiger partial charge in [0, 0.05) is 19.2 Å². The van der Waals surface area contributed by atoms with Gasteiger partial charge in [-0.3, -0.25) is 9.69 Å². The van der Waals surface area contributed by atoms with Crippen molar-refractivity contribution in [1.82, 2.24) is 4.90 Å². The summed E-state index contributed by atoms with van der Waals surface area (Å²) in [6, 6.07) is 0.614. The second-order valence-corrected chi connectivity index (χ2v) is 4.36. The summed E-state index contributed by atoms with van der Waals surface area (Å²) < 4.78 is 5.32. The summed E-state index contributed by atoms with van der Waals surface area (Å²) in [5.74, 6) is 0.394. The van der Waals surface area contributed by atoms with E-state index in [1.165, 1.54) is 12.8 Å². The third-order valence-electron chi connectivity index (χ3n) is 2.94. The van der Waals surface area contributed by atoms with Crippen LogP contribution in [0.25, 0.3) is 0 Å². The van der Waals surface area contributed by atoms with Crippen molar-refractivity contribution in [3.8, 4) is 0 Å². The normalized spacial score (nSPS) is 27.1. The predicted molar refractivity (Wildman–Crippen MR) is 52.7 cm³/mol. The lowest BCUT2D eigenvalue weighted by molar-refractivity contribution is -0.119. The van der Waals surface area contributed by atoms with Crippen LogP contribution in [0.3, 0.4) is 0 Å². The number of hydrogen-bond donors (Lipinski definition) is 1. The maximum atomic E-state index is 10.9. The first-order valence-corrected chi connectivity index (χ1v) is 5.36. The summed E-state index contributed by atoms with van der Waals surface area (Å²) in [7, 11) is 0. The van der Waals surface area contributed by atoms with Gasteiger partial charge in [-0.2, -0.15) is 0 Å². The van der Waals surface area contributed by atoms with Crippen molar-refractivity contribution in [2.45, 2.75) is 25.3 Å². The van der Waals surface area contributed by atoms with Gasteiger partial charge in [0.15, 0.2) is 0 Å². The summed E-state index contributed by atoms with van der Waals surface area (Å²) >= 11 is 0. The summed E-state index contributed by atoms with van der Waals surface area (Å²) in [6.07, 6.45) is 3.57. The molecule has 0 unspecified atom stereocenters. The highest BCUT2D eigenvalue weighted by Crippen LogP contribution is 2.28. The Bertz CT molecular complexity index is 210. The summed E-state index contributed by atoms with van der Waals surface area (Å²) in [6.45, 7) is 3.12. The second-order valence-electron chi connectivity index (χ2n) is 4.36. The zero-order chi connectivity index (χ0) is 9.97. The van der Waals surface area contributed by atoms with Gasteiger partial charge in [-0.05, 0) is 25.2 Å². The van der Waals surface area contributed by atoms with Crippen molar-refractivity contribution in [3.63, 3.8) is 0 Å². The molecule has 0 spiro atoms. The van der Waals surface area contributed by atoms with E-state index in [9.17, 15) is 4.79 Å². The standard InChI is InChI=1S/C10H18N2O2/c11-10(13)6-12(9-1-2-9)5-8-3-4-14-7-8/h8-9H,1-7H2,(H2,11,13)/t8-/m1/s1. The molecule has 1 saturated carbocycles. The Morgan fingerprint density at radius 2 is 2.21 bits per heavy atom. The van der Waals surface area contributed by atoms with Crippen molar-refractivity contribution in [3.05, 3.63) is 0 Å². The van der Waals surface area contributed by atoms with Crippen LogP contribution in [-0.2, 0) is 9.53 Å². The van der Waals surface area contributed by atoms with Gasteiger partial charge in [0.05, 0.1) is 13.2 Å². The molecule has 0 aromatic rings. The molecule has 1 saturated heterocycles. The average molecular weight is 198 g/mol. The van der Waals surface area contributed by atoms with E-state index in [1.54, 1.807) is 0 Å². The van der Waals surface area contributed by atoms with Gasteiger partial charge in [-0.15, -0.1) is 0 Å². The molecule has 1 atom stereocenters. The van der Waals surface area contributed by atoms with Crippen LogP contribution in [0.15, 0.2) is 0 Å².